The van der Waals surface area contributed by atoms with Crippen LogP contribution in [0.5, 0.6) is 0 Å². The lowest BCUT2D eigenvalue weighted by Gasteiger charge is -2.34. The van der Waals surface area contributed by atoms with Crippen molar-refractivity contribution in [2.45, 2.75) is 12.5 Å². The summed E-state index contributed by atoms with van der Waals surface area (Å²) < 4.78 is 2.96. The van der Waals surface area contributed by atoms with Gasteiger partial charge in [0, 0.05) is 45.4 Å². The number of hydrogen-bond donors (Lipinski definition) is 0. The number of hydrogen-bond acceptors (Lipinski definition) is 4. The molecule has 0 N–H and O–H groups in total. The van der Waals surface area contributed by atoms with Gasteiger partial charge in [-0.3, -0.25) is 14.3 Å². The van der Waals surface area contributed by atoms with E-state index in [2.05, 4.69) is 16.3 Å². The van der Waals surface area contributed by atoms with E-state index in [0.717, 1.165) is 11.1 Å². The molecule has 2 aromatic heterocycles. The van der Waals surface area contributed by atoms with Crippen LogP contribution in [0, 0.1) is 0 Å². The maximum absolute atomic E-state index is 13.0. The fourth-order valence-electron chi connectivity index (χ4n) is 3.45. The minimum absolute atomic E-state index is 0.0603. The maximum Gasteiger partial charge on any atom is 0.274 e. The normalized spacial score (nSPS) is 16.4. The standard InChI is InChI=1S/C19H19N5O2/c1-22-10-14(9-20-22)16-12-24(11-13-5-3-4-6-15(13)16)19(26)17-7-8-18(25)23(2)21-17/h3-10,16H,11-12H2,1-2H3. The number of fused-ring (bicyclic) bond motifs is 1. The quantitative estimate of drug-likeness (QED) is 0.699. The van der Waals surface area contributed by atoms with Gasteiger partial charge in [0.1, 0.15) is 5.69 Å². The predicted molar refractivity (Wildman–Crippen MR) is 95.7 cm³/mol. The SMILES string of the molecule is Cn1cc(C2CN(C(=O)c3ccc(=O)n(C)n3)Cc3ccccc32)cn1. The Hall–Kier alpha value is -3.22. The molecule has 0 spiro atoms. The van der Waals surface area contributed by atoms with Gasteiger partial charge in [0.25, 0.3) is 11.5 Å². The number of benzene rings is 1. The van der Waals surface area contributed by atoms with E-state index in [4.69, 9.17) is 0 Å². The Morgan fingerprint density at radius 3 is 2.69 bits per heavy atom. The Balaban J connectivity index is 1.71. The van der Waals surface area contributed by atoms with E-state index >= 15 is 0 Å². The number of aromatic nitrogens is 4. The molecule has 4 rings (SSSR count). The van der Waals surface area contributed by atoms with Crippen LogP contribution in [0.15, 0.2) is 53.6 Å². The molecule has 3 aromatic rings. The summed E-state index contributed by atoms with van der Waals surface area (Å²) in [7, 11) is 3.43. The Bertz CT molecular complexity index is 1040. The van der Waals surface area contributed by atoms with Crippen LogP contribution in [-0.4, -0.2) is 36.9 Å². The molecule has 0 bridgehead atoms. The summed E-state index contributed by atoms with van der Waals surface area (Å²) in [4.78, 5) is 26.3. The van der Waals surface area contributed by atoms with Crippen molar-refractivity contribution in [1.82, 2.24) is 24.5 Å². The van der Waals surface area contributed by atoms with Crippen LogP contribution in [-0.2, 0) is 20.6 Å². The molecule has 0 radical (unpaired) electrons. The van der Waals surface area contributed by atoms with Crippen molar-refractivity contribution < 1.29 is 4.79 Å². The van der Waals surface area contributed by atoms with Crippen LogP contribution in [0.1, 0.15) is 33.1 Å². The lowest BCUT2D eigenvalue weighted by atomic mass is 9.86. The highest BCUT2D eigenvalue weighted by molar-refractivity contribution is 5.92. The van der Waals surface area contributed by atoms with E-state index in [-0.39, 0.29) is 23.1 Å². The van der Waals surface area contributed by atoms with Crippen molar-refractivity contribution in [2.24, 2.45) is 14.1 Å². The molecular formula is C19H19N5O2. The minimum Gasteiger partial charge on any atom is -0.332 e. The number of carbonyl (C=O) groups excluding carboxylic acids is 1. The van der Waals surface area contributed by atoms with Gasteiger partial charge in [-0.05, 0) is 22.8 Å². The lowest BCUT2D eigenvalue weighted by molar-refractivity contribution is 0.0716. The first-order chi connectivity index (χ1) is 12.5. The van der Waals surface area contributed by atoms with Crippen molar-refractivity contribution in [3.05, 3.63) is 81.5 Å². The van der Waals surface area contributed by atoms with Gasteiger partial charge < -0.3 is 4.90 Å². The molecule has 1 amide bonds. The molecule has 1 atom stereocenters. The van der Waals surface area contributed by atoms with E-state index < -0.39 is 0 Å². The number of rotatable bonds is 2. The van der Waals surface area contributed by atoms with Crippen LogP contribution in [0.4, 0.5) is 0 Å². The smallest absolute Gasteiger partial charge is 0.274 e. The molecule has 0 saturated carbocycles. The minimum atomic E-state index is -0.237. The van der Waals surface area contributed by atoms with Crippen LogP contribution < -0.4 is 5.56 Å². The second kappa shape index (κ2) is 6.25. The highest BCUT2D eigenvalue weighted by Crippen LogP contribution is 2.33. The van der Waals surface area contributed by atoms with Gasteiger partial charge in [-0.25, -0.2) is 4.68 Å². The molecular weight excluding hydrogens is 330 g/mol. The van der Waals surface area contributed by atoms with Gasteiger partial charge >= 0.3 is 0 Å². The first kappa shape index (κ1) is 16.3. The molecule has 1 aliphatic rings. The van der Waals surface area contributed by atoms with Crippen molar-refractivity contribution in [2.75, 3.05) is 6.54 Å². The number of carbonyl (C=O) groups is 1. The molecule has 26 heavy (non-hydrogen) atoms. The second-order valence-electron chi connectivity index (χ2n) is 6.56. The summed E-state index contributed by atoms with van der Waals surface area (Å²) in [5, 5.41) is 8.38. The van der Waals surface area contributed by atoms with Crippen molar-refractivity contribution >= 4 is 5.91 Å². The first-order valence-electron chi connectivity index (χ1n) is 8.43. The zero-order valence-electron chi connectivity index (χ0n) is 14.7. The summed E-state index contributed by atoms with van der Waals surface area (Å²) in [5.74, 6) is -0.117. The van der Waals surface area contributed by atoms with Gasteiger partial charge in [-0.2, -0.15) is 10.2 Å². The Morgan fingerprint density at radius 2 is 1.96 bits per heavy atom. The summed E-state index contributed by atoms with van der Waals surface area (Å²) in [5.41, 5.74) is 3.45. The van der Waals surface area contributed by atoms with Crippen molar-refractivity contribution in [1.29, 1.82) is 0 Å². The summed E-state index contributed by atoms with van der Waals surface area (Å²) in [6.45, 7) is 1.07. The van der Waals surface area contributed by atoms with Crippen molar-refractivity contribution in [3.8, 4) is 0 Å². The van der Waals surface area contributed by atoms with Gasteiger partial charge in [-0.1, -0.05) is 24.3 Å². The molecule has 1 unspecified atom stereocenters. The van der Waals surface area contributed by atoms with Gasteiger partial charge in [0.2, 0.25) is 0 Å². The first-order valence-corrected chi connectivity index (χ1v) is 8.43. The molecule has 0 saturated heterocycles. The van der Waals surface area contributed by atoms with E-state index in [1.54, 1.807) is 16.6 Å². The number of nitrogens with zero attached hydrogens (tertiary/aromatic N) is 5. The third-order valence-corrected chi connectivity index (χ3v) is 4.79. The monoisotopic (exact) mass is 349 g/mol. The Labute approximate surface area is 150 Å². The van der Waals surface area contributed by atoms with E-state index in [1.807, 2.05) is 37.6 Å². The Morgan fingerprint density at radius 1 is 1.15 bits per heavy atom. The van der Waals surface area contributed by atoms with E-state index in [1.165, 1.54) is 22.4 Å². The Kier molecular flexibility index (Phi) is 3.91. The third-order valence-electron chi connectivity index (χ3n) is 4.79. The van der Waals surface area contributed by atoms with Crippen LogP contribution in [0.25, 0.3) is 0 Å². The molecule has 0 aliphatic carbocycles. The molecule has 0 fully saturated rings. The number of aryl methyl sites for hydroxylation is 2. The summed E-state index contributed by atoms with van der Waals surface area (Å²) in [6.07, 6.45) is 3.83. The molecule has 7 nitrogen and oxygen atoms in total. The fraction of sp³-hybridized carbons (Fsp3) is 0.263. The second-order valence-corrected chi connectivity index (χ2v) is 6.56. The molecule has 132 valence electrons. The van der Waals surface area contributed by atoms with Crippen molar-refractivity contribution in [3.63, 3.8) is 0 Å². The lowest BCUT2D eigenvalue weighted by Crippen LogP contribution is -2.39. The van der Waals surface area contributed by atoms with Crippen LogP contribution in [0.3, 0.4) is 0 Å². The molecule has 3 heterocycles. The molecule has 7 heteroatoms. The fourth-order valence-corrected chi connectivity index (χ4v) is 3.45. The number of amides is 1. The zero-order chi connectivity index (χ0) is 18.3. The summed E-state index contributed by atoms with van der Waals surface area (Å²) >= 11 is 0. The van der Waals surface area contributed by atoms with Gasteiger partial charge in [0.15, 0.2) is 0 Å². The van der Waals surface area contributed by atoms with Crippen LogP contribution >= 0.6 is 0 Å². The third kappa shape index (κ3) is 2.81. The maximum atomic E-state index is 13.0. The molecule has 1 aromatic carbocycles. The molecule has 1 aliphatic heterocycles. The largest absolute Gasteiger partial charge is 0.332 e. The van der Waals surface area contributed by atoms with Crippen LogP contribution in [0.2, 0.25) is 0 Å². The predicted octanol–water partition coefficient (Wildman–Crippen LogP) is 1.30. The topological polar surface area (TPSA) is 73.0 Å². The van der Waals surface area contributed by atoms with E-state index in [0.29, 0.717) is 13.1 Å². The average molecular weight is 349 g/mol. The van der Waals surface area contributed by atoms with Gasteiger partial charge in [0.05, 0.1) is 6.20 Å². The van der Waals surface area contributed by atoms with Gasteiger partial charge in [-0.15, -0.1) is 0 Å². The highest BCUT2D eigenvalue weighted by atomic mass is 16.2. The zero-order valence-corrected chi connectivity index (χ0v) is 14.7. The summed E-state index contributed by atoms with van der Waals surface area (Å²) in [6, 6.07) is 11.0. The van der Waals surface area contributed by atoms with E-state index in [9.17, 15) is 9.59 Å². The average Bonchev–Trinajstić information content (AvgIpc) is 3.08. The highest BCUT2D eigenvalue weighted by Gasteiger charge is 2.30.